The third-order valence-electron chi connectivity index (χ3n) is 5.56. The molecule has 1 aliphatic rings. The molecule has 3 N–H and O–H groups in total. The Kier molecular flexibility index (Phi) is 9.68. The van der Waals surface area contributed by atoms with Gasteiger partial charge >= 0.3 is 0 Å². The number of ether oxygens (including phenoxy) is 1. The van der Waals surface area contributed by atoms with E-state index in [4.69, 9.17) is 4.74 Å². The molecule has 0 aliphatic carbocycles. The maximum atomic E-state index is 12.8. The standard InChI is InChI=1S/C25H34N4O3/c1-26-12-4-13-27-24(30)21-10-8-20(9-11-21)22-6-2-3-7-23(22)25(31)28-14-5-15-29-16-18-32-19-17-29/h2-3,6-11,26H,4-5,12-19H2,1H3,(H,27,30)(H,28,31). The summed E-state index contributed by atoms with van der Waals surface area (Å²) in [6.07, 6.45) is 1.79. The zero-order valence-corrected chi connectivity index (χ0v) is 18.9. The second kappa shape index (κ2) is 13.0. The highest BCUT2D eigenvalue weighted by Crippen LogP contribution is 2.24. The van der Waals surface area contributed by atoms with Crippen molar-refractivity contribution in [3.05, 3.63) is 59.7 Å². The van der Waals surface area contributed by atoms with E-state index < -0.39 is 0 Å². The third-order valence-corrected chi connectivity index (χ3v) is 5.56. The molecule has 2 aromatic carbocycles. The number of benzene rings is 2. The van der Waals surface area contributed by atoms with Crippen molar-refractivity contribution in [1.82, 2.24) is 20.9 Å². The Bertz CT molecular complexity index is 864. The molecule has 2 aromatic rings. The van der Waals surface area contributed by atoms with E-state index in [0.717, 1.165) is 63.4 Å². The normalized spacial score (nSPS) is 14.2. The molecular weight excluding hydrogens is 404 g/mol. The van der Waals surface area contributed by atoms with Crippen molar-refractivity contribution < 1.29 is 14.3 Å². The van der Waals surface area contributed by atoms with E-state index in [9.17, 15) is 9.59 Å². The van der Waals surface area contributed by atoms with Crippen LogP contribution in [0.1, 0.15) is 33.6 Å². The molecule has 1 aliphatic heterocycles. The smallest absolute Gasteiger partial charge is 0.251 e. The van der Waals surface area contributed by atoms with Crippen LogP contribution in [-0.4, -0.2) is 76.2 Å². The van der Waals surface area contributed by atoms with Crippen LogP contribution in [0, 0.1) is 0 Å². The van der Waals surface area contributed by atoms with Gasteiger partial charge < -0.3 is 20.7 Å². The lowest BCUT2D eigenvalue weighted by atomic mass is 9.98. The Balaban J connectivity index is 1.55. The fourth-order valence-electron chi connectivity index (χ4n) is 3.73. The number of nitrogens with zero attached hydrogens (tertiary/aromatic N) is 1. The van der Waals surface area contributed by atoms with Crippen LogP contribution in [0.2, 0.25) is 0 Å². The Morgan fingerprint density at radius 3 is 2.31 bits per heavy atom. The van der Waals surface area contributed by atoms with Crippen LogP contribution in [0.3, 0.4) is 0 Å². The van der Waals surface area contributed by atoms with Crippen molar-refractivity contribution in [3.8, 4) is 11.1 Å². The highest BCUT2D eigenvalue weighted by Gasteiger charge is 2.14. The monoisotopic (exact) mass is 438 g/mol. The van der Waals surface area contributed by atoms with Crippen LogP contribution >= 0.6 is 0 Å². The third kappa shape index (κ3) is 7.15. The van der Waals surface area contributed by atoms with Crippen LogP contribution in [-0.2, 0) is 4.74 Å². The van der Waals surface area contributed by atoms with E-state index in [-0.39, 0.29) is 11.8 Å². The first-order valence-electron chi connectivity index (χ1n) is 11.4. The van der Waals surface area contributed by atoms with Crippen LogP contribution in [0.5, 0.6) is 0 Å². The van der Waals surface area contributed by atoms with E-state index in [2.05, 4.69) is 20.9 Å². The Morgan fingerprint density at radius 2 is 1.56 bits per heavy atom. The lowest BCUT2D eigenvalue weighted by molar-refractivity contribution is 0.0374. The highest BCUT2D eigenvalue weighted by atomic mass is 16.5. The van der Waals surface area contributed by atoms with Gasteiger partial charge in [0.05, 0.1) is 13.2 Å². The molecule has 1 heterocycles. The molecule has 1 fully saturated rings. The second-order valence-electron chi connectivity index (χ2n) is 7.90. The maximum Gasteiger partial charge on any atom is 0.251 e. The molecule has 0 radical (unpaired) electrons. The molecule has 0 saturated carbocycles. The topological polar surface area (TPSA) is 82.7 Å². The number of carbonyl (C=O) groups excluding carboxylic acids is 2. The summed E-state index contributed by atoms with van der Waals surface area (Å²) in [4.78, 5) is 27.5. The van der Waals surface area contributed by atoms with Crippen molar-refractivity contribution in [1.29, 1.82) is 0 Å². The number of hydrogen-bond donors (Lipinski definition) is 3. The first-order valence-corrected chi connectivity index (χ1v) is 11.4. The van der Waals surface area contributed by atoms with E-state index in [0.29, 0.717) is 24.2 Å². The quantitative estimate of drug-likeness (QED) is 0.469. The van der Waals surface area contributed by atoms with Crippen molar-refractivity contribution >= 4 is 11.8 Å². The molecule has 0 unspecified atom stereocenters. The van der Waals surface area contributed by atoms with Gasteiger partial charge in [-0.15, -0.1) is 0 Å². The lowest BCUT2D eigenvalue weighted by Gasteiger charge is -2.26. The zero-order valence-electron chi connectivity index (χ0n) is 18.9. The average molecular weight is 439 g/mol. The SMILES string of the molecule is CNCCCNC(=O)c1ccc(-c2ccccc2C(=O)NCCCN2CCOCC2)cc1. The predicted molar refractivity (Wildman–Crippen MR) is 127 cm³/mol. The summed E-state index contributed by atoms with van der Waals surface area (Å²) in [6.45, 7) is 6.59. The second-order valence-corrected chi connectivity index (χ2v) is 7.90. The largest absolute Gasteiger partial charge is 0.379 e. The first-order chi connectivity index (χ1) is 15.7. The molecule has 7 nitrogen and oxygen atoms in total. The summed E-state index contributed by atoms with van der Waals surface area (Å²) in [5.74, 6) is -0.159. The number of morpholine rings is 1. The molecule has 0 bridgehead atoms. The highest BCUT2D eigenvalue weighted by molar-refractivity contribution is 6.01. The first kappa shape index (κ1) is 23.9. The van der Waals surface area contributed by atoms with Crippen LogP contribution in [0.4, 0.5) is 0 Å². The van der Waals surface area contributed by atoms with E-state index in [1.165, 1.54) is 0 Å². The molecule has 32 heavy (non-hydrogen) atoms. The number of nitrogens with one attached hydrogen (secondary N) is 3. The molecule has 1 saturated heterocycles. The summed E-state index contributed by atoms with van der Waals surface area (Å²) < 4.78 is 5.37. The van der Waals surface area contributed by atoms with Crippen LogP contribution < -0.4 is 16.0 Å². The number of carbonyl (C=O) groups is 2. The average Bonchev–Trinajstić information content (AvgIpc) is 2.85. The van der Waals surface area contributed by atoms with Gasteiger partial charge in [-0.1, -0.05) is 30.3 Å². The summed E-state index contributed by atoms with van der Waals surface area (Å²) in [7, 11) is 1.89. The Morgan fingerprint density at radius 1 is 0.875 bits per heavy atom. The summed E-state index contributed by atoms with van der Waals surface area (Å²) >= 11 is 0. The molecular formula is C25H34N4O3. The fraction of sp³-hybridized carbons (Fsp3) is 0.440. The Hall–Kier alpha value is -2.74. The predicted octanol–water partition coefficient (Wildman–Crippen LogP) is 2.15. The number of amides is 2. The maximum absolute atomic E-state index is 12.8. The van der Waals surface area contributed by atoms with Gasteiger partial charge in [-0.2, -0.15) is 0 Å². The van der Waals surface area contributed by atoms with Gasteiger partial charge in [0.25, 0.3) is 11.8 Å². The fourth-order valence-corrected chi connectivity index (χ4v) is 3.73. The van der Waals surface area contributed by atoms with Crippen molar-refractivity contribution in [2.75, 3.05) is 59.5 Å². The van der Waals surface area contributed by atoms with E-state index >= 15 is 0 Å². The minimum absolute atomic E-state index is 0.0751. The summed E-state index contributed by atoms with van der Waals surface area (Å²) in [5.41, 5.74) is 3.03. The Labute approximate surface area is 190 Å². The summed E-state index contributed by atoms with van der Waals surface area (Å²) in [5, 5.41) is 9.03. The van der Waals surface area contributed by atoms with Crippen LogP contribution in [0.15, 0.2) is 48.5 Å². The number of hydrogen-bond acceptors (Lipinski definition) is 5. The minimum Gasteiger partial charge on any atom is -0.379 e. The molecule has 3 rings (SSSR count). The molecule has 0 spiro atoms. The van der Waals surface area contributed by atoms with Crippen molar-refractivity contribution in [3.63, 3.8) is 0 Å². The number of rotatable bonds is 11. The van der Waals surface area contributed by atoms with Gasteiger partial charge in [0.15, 0.2) is 0 Å². The molecule has 7 heteroatoms. The minimum atomic E-state index is -0.0843. The summed E-state index contributed by atoms with van der Waals surface area (Å²) in [6, 6.07) is 15.0. The van der Waals surface area contributed by atoms with Crippen LogP contribution in [0.25, 0.3) is 11.1 Å². The van der Waals surface area contributed by atoms with Gasteiger partial charge in [-0.05, 0) is 62.3 Å². The van der Waals surface area contributed by atoms with Crippen molar-refractivity contribution in [2.45, 2.75) is 12.8 Å². The molecule has 172 valence electrons. The van der Waals surface area contributed by atoms with Gasteiger partial charge in [-0.25, -0.2) is 0 Å². The molecule has 0 aromatic heterocycles. The lowest BCUT2D eigenvalue weighted by Crippen LogP contribution is -2.38. The van der Waals surface area contributed by atoms with Gasteiger partial charge in [0.2, 0.25) is 0 Å². The van der Waals surface area contributed by atoms with E-state index in [1.807, 2.05) is 43.4 Å². The van der Waals surface area contributed by atoms with Gasteiger partial charge in [-0.3, -0.25) is 14.5 Å². The van der Waals surface area contributed by atoms with Gasteiger partial charge in [0.1, 0.15) is 0 Å². The van der Waals surface area contributed by atoms with Crippen molar-refractivity contribution in [2.24, 2.45) is 0 Å². The van der Waals surface area contributed by atoms with Gasteiger partial charge in [0, 0.05) is 37.3 Å². The zero-order chi connectivity index (χ0) is 22.6. The molecule has 2 amide bonds. The van der Waals surface area contributed by atoms with E-state index in [1.54, 1.807) is 12.1 Å². The molecule has 0 atom stereocenters.